The van der Waals surface area contributed by atoms with Gasteiger partial charge < -0.3 is 25.6 Å². The SMILES string of the molecule is O=C(N[C@H]1CC[C@@H](O)CC1)[C@H](CO)c1ccc(Nc2ncc(-c3ccc(OC(F)F)cc3)cn2)cc1. The van der Waals surface area contributed by atoms with Crippen molar-refractivity contribution in [3.8, 4) is 16.9 Å². The topological polar surface area (TPSA) is 117 Å². The monoisotopic (exact) mass is 498 g/mol. The van der Waals surface area contributed by atoms with Gasteiger partial charge in [-0.15, -0.1) is 0 Å². The number of aliphatic hydroxyl groups excluding tert-OH is 2. The lowest BCUT2D eigenvalue weighted by Crippen LogP contribution is -2.41. The zero-order chi connectivity index (χ0) is 25.5. The standard InChI is InChI=1S/C26H28F2N4O4/c27-25(28)36-22-11-3-16(4-12-22)18-13-29-26(30-14-18)32-20-5-1-17(2-6-20)23(15-33)24(35)31-19-7-9-21(34)10-8-19/h1-6,11-14,19,21,23,25,33-34H,7-10,15H2,(H,31,35)(H,29,30,32)/t19-,21+,23-/m1/s1. The van der Waals surface area contributed by atoms with Gasteiger partial charge in [0, 0.05) is 29.7 Å². The summed E-state index contributed by atoms with van der Waals surface area (Å²) in [6.45, 7) is -3.18. The van der Waals surface area contributed by atoms with Gasteiger partial charge in [0.25, 0.3) is 0 Å². The van der Waals surface area contributed by atoms with E-state index in [0.717, 1.165) is 18.4 Å². The molecule has 2 aromatic carbocycles. The van der Waals surface area contributed by atoms with Gasteiger partial charge in [-0.3, -0.25) is 4.79 Å². The van der Waals surface area contributed by atoms with Crippen molar-refractivity contribution in [1.29, 1.82) is 0 Å². The summed E-state index contributed by atoms with van der Waals surface area (Å²) >= 11 is 0. The van der Waals surface area contributed by atoms with Gasteiger partial charge in [0.05, 0.1) is 18.6 Å². The zero-order valence-corrected chi connectivity index (χ0v) is 19.5. The molecule has 0 bridgehead atoms. The van der Waals surface area contributed by atoms with Gasteiger partial charge in [0.2, 0.25) is 11.9 Å². The Morgan fingerprint density at radius 1 is 0.972 bits per heavy atom. The second kappa shape index (κ2) is 11.9. The number of hydrogen-bond acceptors (Lipinski definition) is 7. The van der Waals surface area contributed by atoms with E-state index in [1.54, 1.807) is 48.8 Å². The number of aliphatic hydroxyl groups is 2. The second-order valence-corrected chi connectivity index (χ2v) is 8.69. The number of hydrogen-bond donors (Lipinski definition) is 4. The van der Waals surface area contributed by atoms with Gasteiger partial charge in [-0.2, -0.15) is 8.78 Å². The van der Waals surface area contributed by atoms with Crippen LogP contribution in [0.25, 0.3) is 11.1 Å². The zero-order valence-electron chi connectivity index (χ0n) is 19.5. The Morgan fingerprint density at radius 3 is 2.19 bits per heavy atom. The summed E-state index contributed by atoms with van der Waals surface area (Å²) in [6, 6.07) is 13.3. The van der Waals surface area contributed by atoms with E-state index in [1.807, 2.05) is 0 Å². The Hall–Kier alpha value is -3.63. The number of ether oxygens (including phenoxy) is 1. The molecular formula is C26H28F2N4O4. The molecule has 4 rings (SSSR count). The van der Waals surface area contributed by atoms with Crippen molar-refractivity contribution < 1.29 is 28.5 Å². The van der Waals surface area contributed by atoms with Crippen molar-refractivity contribution in [2.24, 2.45) is 0 Å². The third kappa shape index (κ3) is 6.73. The lowest BCUT2D eigenvalue weighted by Gasteiger charge is -2.27. The molecule has 1 heterocycles. The van der Waals surface area contributed by atoms with Crippen LogP contribution in [0.1, 0.15) is 37.2 Å². The van der Waals surface area contributed by atoms with Crippen LogP contribution in [0.5, 0.6) is 5.75 Å². The highest BCUT2D eigenvalue weighted by atomic mass is 19.3. The first-order valence-electron chi connectivity index (χ1n) is 11.7. The van der Waals surface area contributed by atoms with Gasteiger partial charge in [-0.1, -0.05) is 24.3 Å². The number of carbonyl (C=O) groups is 1. The van der Waals surface area contributed by atoms with Gasteiger partial charge in [-0.05, 0) is 61.1 Å². The first-order chi connectivity index (χ1) is 17.4. The molecule has 1 atom stereocenters. The number of halogens is 2. The van der Waals surface area contributed by atoms with Crippen LogP contribution < -0.4 is 15.4 Å². The molecule has 1 aliphatic rings. The third-order valence-corrected chi connectivity index (χ3v) is 6.18. The molecule has 0 saturated heterocycles. The predicted molar refractivity (Wildman–Crippen MR) is 130 cm³/mol. The molecule has 36 heavy (non-hydrogen) atoms. The van der Waals surface area contributed by atoms with Crippen LogP contribution in [0.15, 0.2) is 60.9 Å². The number of anilines is 2. The first kappa shape index (κ1) is 25.5. The number of nitrogens with zero attached hydrogens (tertiary/aromatic N) is 2. The van der Waals surface area contributed by atoms with E-state index in [1.165, 1.54) is 12.1 Å². The molecule has 1 aliphatic carbocycles. The smallest absolute Gasteiger partial charge is 0.387 e. The summed E-state index contributed by atoms with van der Waals surface area (Å²) < 4.78 is 28.9. The minimum atomic E-state index is -2.87. The Labute approximate surface area is 207 Å². The Morgan fingerprint density at radius 2 is 1.61 bits per heavy atom. The molecule has 1 saturated carbocycles. The van der Waals surface area contributed by atoms with Crippen molar-refractivity contribution in [1.82, 2.24) is 15.3 Å². The van der Waals surface area contributed by atoms with E-state index in [9.17, 15) is 23.8 Å². The number of benzene rings is 2. The molecule has 0 spiro atoms. The maximum absolute atomic E-state index is 12.7. The number of carbonyl (C=O) groups excluding carboxylic acids is 1. The van der Waals surface area contributed by atoms with Gasteiger partial charge in [0.1, 0.15) is 5.75 Å². The van der Waals surface area contributed by atoms with Crippen LogP contribution in [0, 0.1) is 0 Å². The number of rotatable bonds is 9. The molecule has 0 aliphatic heterocycles. The van der Waals surface area contributed by atoms with Gasteiger partial charge in [0.15, 0.2) is 0 Å². The van der Waals surface area contributed by atoms with E-state index < -0.39 is 12.5 Å². The number of alkyl halides is 2. The Bertz CT molecular complexity index is 1120. The highest BCUT2D eigenvalue weighted by Gasteiger charge is 2.25. The highest BCUT2D eigenvalue weighted by Crippen LogP contribution is 2.25. The first-order valence-corrected chi connectivity index (χ1v) is 11.7. The largest absolute Gasteiger partial charge is 0.435 e. The van der Waals surface area contributed by atoms with Crippen LogP contribution in [0.3, 0.4) is 0 Å². The molecule has 3 aromatic rings. The molecule has 0 radical (unpaired) electrons. The quantitative estimate of drug-likeness (QED) is 0.353. The van der Waals surface area contributed by atoms with Crippen LogP contribution in [-0.4, -0.2) is 51.5 Å². The number of aromatic nitrogens is 2. The van der Waals surface area contributed by atoms with E-state index in [2.05, 4.69) is 25.3 Å². The van der Waals surface area contributed by atoms with E-state index in [0.29, 0.717) is 35.6 Å². The van der Waals surface area contributed by atoms with Crippen molar-refractivity contribution in [2.75, 3.05) is 11.9 Å². The summed E-state index contributed by atoms with van der Waals surface area (Å²) in [5, 5.41) is 25.5. The maximum atomic E-state index is 12.7. The minimum absolute atomic E-state index is 0.0138. The molecule has 0 unspecified atom stereocenters. The van der Waals surface area contributed by atoms with Crippen LogP contribution in [0.2, 0.25) is 0 Å². The molecule has 4 N–H and O–H groups in total. The van der Waals surface area contributed by atoms with Gasteiger partial charge in [-0.25, -0.2) is 9.97 Å². The fraction of sp³-hybridized carbons (Fsp3) is 0.346. The highest BCUT2D eigenvalue weighted by molar-refractivity contribution is 5.84. The van der Waals surface area contributed by atoms with Crippen LogP contribution >= 0.6 is 0 Å². The molecule has 190 valence electrons. The van der Waals surface area contributed by atoms with Crippen molar-refractivity contribution in [3.63, 3.8) is 0 Å². The van der Waals surface area contributed by atoms with E-state index in [-0.39, 0.29) is 30.4 Å². The number of amides is 1. The molecule has 8 nitrogen and oxygen atoms in total. The summed E-state index contributed by atoms with van der Waals surface area (Å²) in [4.78, 5) is 21.3. The molecule has 1 aromatic heterocycles. The third-order valence-electron chi connectivity index (χ3n) is 6.18. The Balaban J connectivity index is 1.34. The van der Waals surface area contributed by atoms with Crippen molar-refractivity contribution in [3.05, 3.63) is 66.5 Å². The normalized spacial score (nSPS) is 18.5. The molecule has 1 fully saturated rings. The lowest BCUT2D eigenvalue weighted by molar-refractivity contribution is -0.124. The molecule has 1 amide bonds. The Kier molecular flexibility index (Phi) is 8.40. The number of nitrogens with one attached hydrogen (secondary N) is 2. The summed E-state index contributed by atoms with van der Waals surface area (Å²) in [5.41, 5.74) is 2.86. The van der Waals surface area contributed by atoms with Crippen LogP contribution in [0.4, 0.5) is 20.4 Å². The fourth-order valence-corrected chi connectivity index (χ4v) is 4.16. The van der Waals surface area contributed by atoms with Crippen LogP contribution in [-0.2, 0) is 4.79 Å². The lowest BCUT2D eigenvalue weighted by atomic mass is 9.92. The summed E-state index contributed by atoms with van der Waals surface area (Å²) in [6.07, 6.45) is 5.72. The van der Waals surface area contributed by atoms with Crippen molar-refractivity contribution in [2.45, 2.75) is 50.4 Å². The predicted octanol–water partition coefficient (Wildman–Crippen LogP) is 3.98. The summed E-state index contributed by atoms with van der Waals surface area (Å²) in [5.74, 6) is -0.475. The van der Waals surface area contributed by atoms with Crippen molar-refractivity contribution >= 4 is 17.5 Å². The van der Waals surface area contributed by atoms with E-state index in [4.69, 9.17) is 0 Å². The average molecular weight is 499 g/mol. The van der Waals surface area contributed by atoms with Gasteiger partial charge >= 0.3 is 6.61 Å². The minimum Gasteiger partial charge on any atom is -0.435 e. The second-order valence-electron chi connectivity index (χ2n) is 8.69. The fourth-order valence-electron chi connectivity index (χ4n) is 4.16. The average Bonchev–Trinajstić information content (AvgIpc) is 2.87. The van der Waals surface area contributed by atoms with E-state index >= 15 is 0 Å². The molecule has 10 heteroatoms. The maximum Gasteiger partial charge on any atom is 0.387 e. The molecular weight excluding hydrogens is 470 g/mol. The summed E-state index contributed by atoms with van der Waals surface area (Å²) in [7, 11) is 0.